The van der Waals surface area contributed by atoms with Crippen molar-refractivity contribution >= 4 is 16.9 Å². The smallest absolute Gasteiger partial charge is 0.343 e. The number of methoxy groups -OCH3 is 1. The minimum atomic E-state index is -0.489. The van der Waals surface area contributed by atoms with E-state index >= 15 is 0 Å². The maximum absolute atomic E-state index is 13.0. The predicted molar refractivity (Wildman–Crippen MR) is 116 cm³/mol. The van der Waals surface area contributed by atoms with Gasteiger partial charge >= 0.3 is 5.97 Å². The van der Waals surface area contributed by atoms with E-state index in [4.69, 9.17) is 18.6 Å². The average Bonchev–Trinajstić information content (AvgIpc) is 2.77. The van der Waals surface area contributed by atoms with Crippen LogP contribution in [0.25, 0.3) is 11.0 Å². The molecular weight excluding hydrogens is 396 g/mol. The molecule has 0 N–H and O–H groups in total. The first-order valence-corrected chi connectivity index (χ1v) is 9.63. The second-order valence-electron chi connectivity index (χ2n) is 7.01. The normalized spacial score (nSPS) is 10.7. The molecule has 4 rings (SSSR count). The van der Waals surface area contributed by atoms with Crippen LogP contribution >= 0.6 is 0 Å². The highest BCUT2D eigenvalue weighted by Crippen LogP contribution is 2.29. The second kappa shape index (κ2) is 8.36. The molecule has 31 heavy (non-hydrogen) atoms. The van der Waals surface area contributed by atoms with Crippen LogP contribution < -0.4 is 19.6 Å². The summed E-state index contributed by atoms with van der Waals surface area (Å²) in [5.41, 5.74) is 1.46. The zero-order valence-corrected chi connectivity index (χ0v) is 17.3. The standard InChI is InChI=1S/C25H20O6/c1-15-7-9-17(10-8-15)25(27)31-20-11-12-21-22(14-20)29-16(2)24(23(21)26)30-19-6-4-5-18(13-19)28-3/h4-14H,1-3H3. The van der Waals surface area contributed by atoms with Gasteiger partial charge in [-0.1, -0.05) is 23.8 Å². The first-order chi connectivity index (χ1) is 14.9. The van der Waals surface area contributed by atoms with E-state index in [-0.39, 0.29) is 16.9 Å². The number of aryl methyl sites for hydroxylation is 2. The fourth-order valence-corrected chi connectivity index (χ4v) is 3.09. The van der Waals surface area contributed by atoms with Crippen molar-refractivity contribution in [1.82, 2.24) is 0 Å². The lowest BCUT2D eigenvalue weighted by Gasteiger charge is -2.10. The highest BCUT2D eigenvalue weighted by Gasteiger charge is 2.16. The summed E-state index contributed by atoms with van der Waals surface area (Å²) in [6, 6.07) is 18.6. The molecule has 0 radical (unpaired) electrons. The molecule has 0 bridgehead atoms. The molecule has 1 heterocycles. The number of fused-ring (bicyclic) bond motifs is 1. The van der Waals surface area contributed by atoms with Gasteiger partial charge in [0.2, 0.25) is 11.2 Å². The number of ether oxygens (including phenoxy) is 3. The highest BCUT2D eigenvalue weighted by molar-refractivity contribution is 5.91. The number of carbonyl (C=O) groups excluding carboxylic acids is 1. The third kappa shape index (κ3) is 4.28. The molecule has 0 atom stereocenters. The minimum absolute atomic E-state index is 0.0881. The summed E-state index contributed by atoms with van der Waals surface area (Å²) in [5, 5.41) is 0.318. The van der Waals surface area contributed by atoms with Gasteiger partial charge in [0.05, 0.1) is 18.1 Å². The largest absolute Gasteiger partial charge is 0.497 e. The number of hydrogen-bond donors (Lipinski definition) is 0. The Morgan fingerprint density at radius 2 is 1.61 bits per heavy atom. The fourth-order valence-electron chi connectivity index (χ4n) is 3.09. The average molecular weight is 416 g/mol. The molecule has 0 aliphatic heterocycles. The lowest BCUT2D eigenvalue weighted by atomic mass is 10.1. The Kier molecular flexibility index (Phi) is 5.45. The molecule has 156 valence electrons. The van der Waals surface area contributed by atoms with Gasteiger partial charge in [0, 0.05) is 12.1 Å². The van der Waals surface area contributed by atoms with Gasteiger partial charge in [0.15, 0.2) is 0 Å². The zero-order valence-electron chi connectivity index (χ0n) is 17.3. The Balaban J connectivity index is 1.63. The Morgan fingerprint density at radius 1 is 0.871 bits per heavy atom. The first kappa shape index (κ1) is 20.2. The summed E-state index contributed by atoms with van der Waals surface area (Å²) in [7, 11) is 1.55. The van der Waals surface area contributed by atoms with Crippen LogP contribution in [0.15, 0.2) is 75.9 Å². The number of rotatable bonds is 5. The summed E-state index contributed by atoms with van der Waals surface area (Å²) in [4.78, 5) is 25.3. The first-order valence-electron chi connectivity index (χ1n) is 9.63. The molecule has 0 aliphatic carbocycles. The maximum atomic E-state index is 13.0. The molecule has 0 saturated heterocycles. The highest BCUT2D eigenvalue weighted by atomic mass is 16.5. The van der Waals surface area contributed by atoms with Crippen LogP contribution in [0.2, 0.25) is 0 Å². The van der Waals surface area contributed by atoms with Crippen LogP contribution in [0.4, 0.5) is 0 Å². The van der Waals surface area contributed by atoms with Crippen molar-refractivity contribution in [3.63, 3.8) is 0 Å². The van der Waals surface area contributed by atoms with Gasteiger partial charge in [-0.25, -0.2) is 4.79 Å². The van der Waals surface area contributed by atoms with Crippen LogP contribution in [-0.2, 0) is 0 Å². The monoisotopic (exact) mass is 416 g/mol. The Morgan fingerprint density at radius 3 is 2.35 bits per heavy atom. The second-order valence-corrected chi connectivity index (χ2v) is 7.01. The Labute approximate surface area is 178 Å². The van der Waals surface area contributed by atoms with Crippen molar-refractivity contribution in [3.8, 4) is 23.0 Å². The van der Waals surface area contributed by atoms with E-state index in [1.54, 1.807) is 62.6 Å². The van der Waals surface area contributed by atoms with Gasteiger partial charge in [0.1, 0.15) is 28.6 Å². The lowest BCUT2D eigenvalue weighted by Crippen LogP contribution is -2.10. The summed E-state index contributed by atoms with van der Waals surface area (Å²) >= 11 is 0. The van der Waals surface area contributed by atoms with Gasteiger partial charge in [-0.3, -0.25) is 4.79 Å². The molecule has 1 aromatic heterocycles. The van der Waals surface area contributed by atoms with E-state index < -0.39 is 5.97 Å². The quantitative estimate of drug-likeness (QED) is 0.319. The molecule has 0 spiro atoms. The van der Waals surface area contributed by atoms with E-state index in [0.717, 1.165) is 5.56 Å². The van der Waals surface area contributed by atoms with Crippen LogP contribution in [0.1, 0.15) is 21.7 Å². The number of benzene rings is 3. The SMILES string of the molecule is COc1cccc(Oc2c(C)oc3cc(OC(=O)c4ccc(C)cc4)ccc3c2=O)c1. The third-order valence-corrected chi connectivity index (χ3v) is 4.75. The van der Waals surface area contributed by atoms with Gasteiger partial charge in [0.25, 0.3) is 0 Å². The van der Waals surface area contributed by atoms with Crippen LogP contribution in [0.3, 0.4) is 0 Å². The minimum Gasteiger partial charge on any atom is -0.497 e. The van der Waals surface area contributed by atoms with Gasteiger partial charge in [-0.05, 0) is 50.2 Å². The number of carbonyl (C=O) groups is 1. The van der Waals surface area contributed by atoms with Gasteiger partial charge in [-0.15, -0.1) is 0 Å². The Bertz CT molecular complexity index is 1320. The van der Waals surface area contributed by atoms with E-state index in [9.17, 15) is 9.59 Å². The molecule has 6 nitrogen and oxygen atoms in total. The molecule has 4 aromatic rings. The summed E-state index contributed by atoms with van der Waals surface area (Å²) in [5.74, 6) is 1.25. The molecular formula is C25H20O6. The van der Waals surface area contributed by atoms with Crippen LogP contribution in [0, 0.1) is 13.8 Å². The van der Waals surface area contributed by atoms with E-state index in [0.29, 0.717) is 33.8 Å². The molecule has 6 heteroatoms. The molecule has 0 amide bonds. The lowest BCUT2D eigenvalue weighted by molar-refractivity contribution is 0.0735. The zero-order chi connectivity index (χ0) is 22.0. The molecule has 0 unspecified atom stereocenters. The summed E-state index contributed by atoms with van der Waals surface area (Å²) in [6.45, 7) is 3.58. The summed E-state index contributed by atoms with van der Waals surface area (Å²) < 4.78 is 22.2. The van der Waals surface area contributed by atoms with Crippen molar-refractivity contribution in [3.05, 3.63) is 93.8 Å². The van der Waals surface area contributed by atoms with E-state index in [2.05, 4.69) is 0 Å². The third-order valence-electron chi connectivity index (χ3n) is 4.75. The van der Waals surface area contributed by atoms with Crippen LogP contribution in [0.5, 0.6) is 23.0 Å². The van der Waals surface area contributed by atoms with Crippen molar-refractivity contribution in [2.75, 3.05) is 7.11 Å². The Hall–Kier alpha value is -4.06. The summed E-state index contributed by atoms with van der Waals surface area (Å²) in [6.07, 6.45) is 0. The molecule has 0 saturated carbocycles. The fraction of sp³-hybridized carbons (Fsp3) is 0.120. The molecule has 3 aromatic carbocycles. The van der Waals surface area contributed by atoms with Crippen LogP contribution in [-0.4, -0.2) is 13.1 Å². The van der Waals surface area contributed by atoms with Crippen molar-refractivity contribution < 1.29 is 23.4 Å². The molecule has 0 fully saturated rings. The number of esters is 1. The number of hydrogen-bond acceptors (Lipinski definition) is 6. The van der Waals surface area contributed by atoms with Crippen molar-refractivity contribution in [2.24, 2.45) is 0 Å². The molecule has 0 aliphatic rings. The van der Waals surface area contributed by atoms with Crippen molar-refractivity contribution in [1.29, 1.82) is 0 Å². The predicted octanol–water partition coefficient (Wildman–Crippen LogP) is 5.43. The topological polar surface area (TPSA) is 75.0 Å². The van der Waals surface area contributed by atoms with E-state index in [1.807, 2.05) is 19.1 Å². The maximum Gasteiger partial charge on any atom is 0.343 e. The van der Waals surface area contributed by atoms with E-state index in [1.165, 1.54) is 6.07 Å². The van der Waals surface area contributed by atoms with Gasteiger partial charge in [-0.2, -0.15) is 0 Å². The van der Waals surface area contributed by atoms with Crippen molar-refractivity contribution in [2.45, 2.75) is 13.8 Å². The van der Waals surface area contributed by atoms with Gasteiger partial charge < -0.3 is 18.6 Å².